The van der Waals surface area contributed by atoms with Gasteiger partial charge in [0.25, 0.3) is 5.91 Å². The Hall–Kier alpha value is -3.14. The van der Waals surface area contributed by atoms with Crippen molar-refractivity contribution in [3.8, 4) is 0 Å². The number of pyridine rings is 1. The van der Waals surface area contributed by atoms with Gasteiger partial charge in [-0.25, -0.2) is 0 Å². The van der Waals surface area contributed by atoms with Gasteiger partial charge < -0.3 is 10.2 Å². The van der Waals surface area contributed by atoms with E-state index < -0.39 is 0 Å². The van der Waals surface area contributed by atoms with Crippen LogP contribution in [0.2, 0.25) is 0 Å². The Morgan fingerprint density at radius 1 is 1.11 bits per heavy atom. The van der Waals surface area contributed by atoms with Gasteiger partial charge in [0.15, 0.2) is 0 Å². The van der Waals surface area contributed by atoms with Gasteiger partial charge in [0, 0.05) is 23.6 Å². The van der Waals surface area contributed by atoms with E-state index in [-0.39, 0.29) is 11.9 Å². The van der Waals surface area contributed by atoms with Crippen LogP contribution in [0.4, 0.5) is 11.4 Å². The van der Waals surface area contributed by atoms with E-state index in [1.807, 2.05) is 49.4 Å². The van der Waals surface area contributed by atoms with Crippen molar-refractivity contribution in [1.82, 2.24) is 10.3 Å². The van der Waals surface area contributed by atoms with Crippen molar-refractivity contribution in [2.45, 2.75) is 32.4 Å². The lowest BCUT2D eigenvalue weighted by Crippen LogP contribution is -2.28. The number of carbonyl (C=O) groups is 1. The molecule has 3 aromatic rings. The summed E-state index contributed by atoms with van der Waals surface area (Å²) in [5.41, 5.74) is 5.06. The van der Waals surface area contributed by atoms with Crippen molar-refractivity contribution in [1.29, 1.82) is 0 Å². The first kappa shape index (κ1) is 17.3. The van der Waals surface area contributed by atoms with Gasteiger partial charge >= 0.3 is 0 Å². The van der Waals surface area contributed by atoms with Crippen LogP contribution in [-0.2, 0) is 6.42 Å². The molecule has 0 fully saturated rings. The number of nitrogens with zero attached hydrogens (tertiary/aromatic N) is 2. The van der Waals surface area contributed by atoms with Gasteiger partial charge in [-0.2, -0.15) is 0 Å². The standard InChI is InChI=1S/C23H23N3O/c1-16-14-19-10-6-7-11-22(19)26(16)20-12-13-24-21(15-20)23(27)25-17(2)18-8-4-3-5-9-18/h3-13,15-17H,14H2,1-2H3,(H,25,27). The zero-order valence-electron chi connectivity index (χ0n) is 15.6. The summed E-state index contributed by atoms with van der Waals surface area (Å²) in [6.07, 6.45) is 2.72. The highest BCUT2D eigenvalue weighted by Crippen LogP contribution is 2.38. The third-order valence-electron chi connectivity index (χ3n) is 5.11. The molecule has 0 radical (unpaired) electrons. The van der Waals surface area contributed by atoms with E-state index in [0.717, 1.165) is 17.7 Å². The molecule has 2 unspecified atom stereocenters. The maximum Gasteiger partial charge on any atom is 0.270 e. The number of carbonyl (C=O) groups excluding carboxylic acids is 1. The first-order chi connectivity index (χ1) is 13.1. The number of hydrogen-bond donors (Lipinski definition) is 1. The van der Waals surface area contributed by atoms with Crippen LogP contribution in [0.25, 0.3) is 0 Å². The largest absolute Gasteiger partial charge is 0.344 e. The Morgan fingerprint density at radius 2 is 1.85 bits per heavy atom. The summed E-state index contributed by atoms with van der Waals surface area (Å²) in [5, 5.41) is 3.04. The number of nitrogens with one attached hydrogen (secondary N) is 1. The average Bonchev–Trinajstić information content (AvgIpc) is 3.04. The van der Waals surface area contributed by atoms with Gasteiger partial charge in [-0.05, 0) is 49.6 Å². The van der Waals surface area contributed by atoms with Crippen LogP contribution >= 0.6 is 0 Å². The Kier molecular flexibility index (Phi) is 4.63. The molecule has 4 nitrogen and oxygen atoms in total. The summed E-state index contributed by atoms with van der Waals surface area (Å²) in [6.45, 7) is 4.19. The van der Waals surface area contributed by atoms with E-state index in [9.17, 15) is 4.79 Å². The first-order valence-corrected chi connectivity index (χ1v) is 9.32. The Bertz CT molecular complexity index is 955. The normalized spacial score (nSPS) is 16.7. The zero-order chi connectivity index (χ0) is 18.8. The van der Waals surface area contributed by atoms with Gasteiger partial charge in [-0.3, -0.25) is 9.78 Å². The number of rotatable bonds is 4. The molecule has 1 N–H and O–H groups in total. The van der Waals surface area contributed by atoms with E-state index in [2.05, 4.69) is 46.4 Å². The average molecular weight is 357 g/mol. The highest BCUT2D eigenvalue weighted by molar-refractivity contribution is 5.93. The molecule has 1 aliphatic heterocycles. The number of fused-ring (bicyclic) bond motifs is 1. The fourth-order valence-corrected chi connectivity index (χ4v) is 3.75. The highest BCUT2D eigenvalue weighted by Gasteiger charge is 2.27. The van der Waals surface area contributed by atoms with Crippen LogP contribution < -0.4 is 10.2 Å². The van der Waals surface area contributed by atoms with Crippen molar-refractivity contribution in [3.05, 3.63) is 89.7 Å². The monoisotopic (exact) mass is 357 g/mol. The second kappa shape index (κ2) is 7.23. The summed E-state index contributed by atoms with van der Waals surface area (Å²) in [4.78, 5) is 19.3. The zero-order valence-corrected chi connectivity index (χ0v) is 15.6. The summed E-state index contributed by atoms with van der Waals surface area (Å²) in [5.74, 6) is -0.159. The van der Waals surface area contributed by atoms with Crippen molar-refractivity contribution in [2.75, 3.05) is 4.90 Å². The molecule has 0 aliphatic carbocycles. The Morgan fingerprint density at radius 3 is 2.67 bits per heavy atom. The molecule has 2 aromatic carbocycles. The van der Waals surface area contributed by atoms with Gasteiger partial charge in [0.05, 0.1) is 6.04 Å². The number of para-hydroxylation sites is 1. The van der Waals surface area contributed by atoms with Crippen molar-refractivity contribution in [3.63, 3.8) is 0 Å². The lowest BCUT2D eigenvalue weighted by atomic mass is 10.1. The van der Waals surface area contributed by atoms with E-state index >= 15 is 0 Å². The first-order valence-electron chi connectivity index (χ1n) is 9.32. The van der Waals surface area contributed by atoms with Gasteiger partial charge in [-0.1, -0.05) is 48.5 Å². The molecule has 2 atom stereocenters. The third kappa shape index (κ3) is 3.43. The number of aromatic nitrogens is 1. The Balaban J connectivity index is 1.57. The fourth-order valence-electron chi connectivity index (χ4n) is 3.75. The minimum atomic E-state index is -0.159. The van der Waals surface area contributed by atoms with Crippen LogP contribution in [0.3, 0.4) is 0 Å². The van der Waals surface area contributed by atoms with Crippen LogP contribution in [0.15, 0.2) is 72.9 Å². The molecule has 27 heavy (non-hydrogen) atoms. The lowest BCUT2D eigenvalue weighted by molar-refractivity contribution is 0.0935. The molecule has 136 valence electrons. The van der Waals surface area contributed by atoms with E-state index in [0.29, 0.717) is 11.7 Å². The molecular formula is C23H23N3O. The van der Waals surface area contributed by atoms with Gasteiger partial charge in [0.1, 0.15) is 5.69 Å². The van der Waals surface area contributed by atoms with Gasteiger partial charge in [-0.15, -0.1) is 0 Å². The third-order valence-corrected chi connectivity index (χ3v) is 5.11. The smallest absolute Gasteiger partial charge is 0.270 e. The predicted molar refractivity (Wildman–Crippen MR) is 108 cm³/mol. The van der Waals surface area contributed by atoms with Crippen LogP contribution in [0, 0.1) is 0 Å². The molecule has 1 aliphatic rings. The maximum atomic E-state index is 12.7. The summed E-state index contributed by atoms with van der Waals surface area (Å²) >= 11 is 0. The highest BCUT2D eigenvalue weighted by atomic mass is 16.1. The van der Waals surface area contributed by atoms with E-state index in [4.69, 9.17) is 0 Å². The topological polar surface area (TPSA) is 45.2 Å². The van der Waals surface area contributed by atoms with E-state index in [1.165, 1.54) is 11.3 Å². The predicted octanol–water partition coefficient (Wildman–Crippen LogP) is 4.66. The van der Waals surface area contributed by atoms with Crippen LogP contribution in [-0.4, -0.2) is 16.9 Å². The van der Waals surface area contributed by atoms with Crippen LogP contribution in [0.5, 0.6) is 0 Å². The molecule has 0 saturated heterocycles. The lowest BCUT2D eigenvalue weighted by Gasteiger charge is -2.25. The molecule has 0 saturated carbocycles. The second-order valence-corrected chi connectivity index (χ2v) is 7.06. The van der Waals surface area contributed by atoms with Crippen molar-refractivity contribution in [2.24, 2.45) is 0 Å². The number of anilines is 2. The molecule has 1 aromatic heterocycles. The molecule has 4 rings (SSSR count). The molecule has 0 spiro atoms. The maximum absolute atomic E-state index is 12.7. The van der Waals surface area contributed by atoms with Gasteiger partial charge in [0.2, 0.25) is 0 Å². The molecule has 1 amide bonds. The number of hydrogen-bond acceptors (Lipinski definition) is 3. The minimum Gasteiger partial charge on any atom is -0.344 e. The number of amides is 1. The number of benzene rings is 2. The van der Waals surface area contributed by atoms with Crippen molar-refractivity contribution >= 4 is 17.3 Å². The molecule has 0 bridgehead atoms. The molecular weight excluding hydrogens is 334 g/mol. The Labute approximate surface area is 159 Å². The second-order valence-electron chi connectivity index (χ2n) is 7.06. The van der Waals surface area contributed by atoms with E-state index in [1.54, 1.807) is 6.20 Å². The molecule has 4 heteroatoms. The SMILES string of the molecule is CC(NC(=O)c1cc(N2c3ccccc3CC2C)ccn1)c1ccccc1. The minimum absolute atomic E-state index is 0.0735. The van der Waals surface area contributed by atoms with Crippen molar-refractivity contribution < 1.29 is 4.79 Å². The quantitative estimate of drug-likeness (QED) is 0.739. The fraction of sp³-hybridized carbons (Fsp3) is 0.217. The summed E-state index contributed by atoms with van der Waals surface area (Å²) in [7, 11) is 0. The summed E-state index contributed by atoms with van der Waals surface area (Å²) < 4.78 is 0. The van der Waals surface area contributed by atoms with Crippen LogP contribution in [0.1, 0.15) is 41.5 Å². The summed E-state index contributed by atoms with van der Waals surface area (Å²) in [6, 6.07) is 22.5. The molecule has 2 heterocycles.